The number of guanidine groups is 1. The Hall–Kier alpha value is -0.820. The van der Waals surface area contributed by atoms with E-state index in [-0.39, 0.29) is 34.6 Å². The second-order valence-electron chi connectivity index (χ2n) is 6.87. The monoisotopic (exact) mass is 317 g/mol. The number of aliphatic imine (C=N–C) groups is 1. The summed E-state index contributed by atoms with van der Waals surface area (Å²) in [6, 6.07) is 0.213. The Morgan fingerprint density at radius 2 is 1.95 bits per heavy atom. The molecular weight excluding hydrogens is 290 g/mol. The van der Waals surface area contributed by atoms with Gasteiger partial charge in [0.05, 0.1) is 17.1 Å². The van der Waals surface area contributed by atoms with Crippen molar-refractivity contribution in [3.63, 3.8) is 0 Å². The smallest absolute Gasteiger partial charge is 0.191 e. The number of ether oxygens (including phenoxy) is 1. The molecule has 1 aliphatic carbocycles. The number of sulfone groups is 1. The van der Waals surface area contributed by atoms with Gasteiger partial charge in [-0.25, -0.2) is 8.42 Å². The fraction of sp³-hybridized carbons (Fsp3) is 0.929. The number of methoxy groups -OCH3 is 1. The molecule has 2 rings (SSSR count). The van der Waals surface area contributed by atoms with Crippen molar-refractivity contribution in [1.82, 2.24) is 10.6 Å². The highest BCUT2D eigenvalue weighted by Gasteiger charge is 2.58. The van der Waals surface area contributed by atoms with Gasteiger partial charge >= 0.3 is 0 Å². The second-order valence-corrected chi connectivity index (χ2v) is 9.10. The summed E-state index contributed by atoms with van der Waals surface area (Å²) in [5, 5.41) is 6.62. The van der Waals surface area contributed by atoms with Crippen molar-refractivity contribution in [2.45, 2.75) is 51.3 Å². The highest BCUT2D eigenvalue weighted by molar-refractivity contribution is 7.91. The Kier molecular flexibility index (Phi) is 4.28. The van der Waals surface area contributed by atoms with Crippen molar-refractivity contribution in [2.24, 2.45) is 10.4 Å². The van der Waals surface area contributed by atoms with E-state index in [1.807, 2.05) is 0 Å². The van der Waals surface area contributed by atoms with Crippen LogP contribution >= 0.6 is 0 Å². The first-order chi connectivity index (χ1) is 9.63. The average Bonchev–Trinajstić information content (AvgIpc) is 2.75. The van der Waals surface area contributed by atoms with Crippen LogP contribution in [0.3, 0.4) is 0 Å². The molecule has 1 aliphatic heterocycles. The third kappa shape index (κ3) is 3.04. The molecule has 2 aliphatic rings. The standard InChI is InChI=1S/C14H27N3O3S/c1-13(2)11(8-14(13,3)20-5)17-12(15-4)16-10-6-7-21(18,19)9-10/h10-11H,6-9H2,1-5H3,(H2,15,16,17). The summed E-state index contributed by atoms with van der Waals surface area (Å²) in [6.07, 6.45) is 1.55. The van der Waals surface area contributed by atoms with E-state index in [2.05, 4.69) is 36.4 Å². The van der Waals surface area contributed by atoms with E-state index in [1.165, 1.54) is 0 Å². The van der Waals surface area contributed by atoms with E-state index in [4.69, 9.17) is 4.74 Å². The molecule has 6 nitrogen and oxygen atoms in total. The summed E-state index contributed by atoms with van der Waals surface area (Å²) >= 11 is 0. The topological polar surface area (TPSA) is 79.8 Å². The quantitative estimate of drug-likeness (QED) is 0.587. The summed E-state index contributed by atoms with van der Waals surface area (Å²) in [5.74, 6) is 1.13. The Labute approximate surface area is 127 Å². The van der Waals surface area contributed by atoms with Crippen LogP contribution in [0.1, 0.15) is 33.6 Å². The van der Waals surface area contributed by atoms with Gasteiger partial charge in [0.1, 0.15) is 0 Å². The molecule has 0 bridgehead atoms. The van der Waals surface area contributed by atoms with Crippen molar-refractivity contribution in [2.75, 3.05) is 25.7 Å². The summed E-state index contributed by atoms with van der Waals surface area (Å²) in [4.78, 5) is 4.22. The molecule has 1 saturated heterocycles. The lowest BCUT2D eigenvalue weighted by atomic mass is 9.56. The molecule has 0 radical (unpaired) electrons. The number of hydrogen-bond donors (Lipinski definition) is 2. The molecule has 0 aromatic carbocycles. The fourth-order valence-electron chi connectivity index (χ4n) is 3.16. The molecule has 0 spiro atoms. The number of hydrogen-bond acceptors (Lipinski definition) is 4. The van der Waals surface area contributed by atoms with Crippen molar-refractivity contribution >= 4 is 15.8 Å². The predicted octanol–water partition coefficient (Wildman–Crippen LogP) is 0.542. The van der Waals surface area contributed by atoms with E-state index >= 15 is 0 Å². The van der Waals surface area contributed by atoms with E-state index < -0.39 is 9.84 Å². The first kappa shape index (κ1) is 16.5. The van der Waals surface area contributed by atoms with Crippen LogP contribution in [0.2, 0.25) is 0 Å². The van der Waals surface area contributed by atoms with Crippen LogP contribution < -0.4 is 10.6 Å². The molecular formula is C14H27N3O3S. The normalized spacial score (nSPS) is 37.9. The Balaban J connectivity index is 1.93. The van der Waals surface area contributed by atoms with E-state index in [0.29, 0.717) is 12.4 Å². The largest absolute Gasteiger partial charge is 0.378 e. The van der Waals surface area contributed by atoms with Gasteiger partial charge in [-0.2, -0.15) is 0 Å². The minimum absolute atomic E-state index is 0.0128. The molecule has 0 aromatic rings. The van der Waals surface area contributed by atoms with Crippen LogP contribution in [0, 0.1) is 5.41 Å². The molecule has 21 heavy (non-hydrogen) atoms. The van der Waals surface area contributed by atoms with E-state index in [0.717, 1.165) is 6.42 Å². The van der Waals surface area contributed by atoms with Gasteiger partial charge in [-0.1, -0.05) is 13.8 Å². The van der Waals surface area contributed by atoms with Crippen molar-refractivity contribution < 1.29 is 13.2 Å². The SMILES string of the molecule is CN=C(NC1CCS(=O)(=O)C1)NC1CC(C)(OC)C1(C)C. The summed E-state index contributed by atoms with van der Waals surface area (Å²) in [5.41, 5.74) is -0.151. The van der Waals surface area contributed by atoms with Gasteiger partial charge in [0.2, 0.25) is 0 Å². The Morgan fingerprint density at radius 1 is 1.29 bits per heavy atom. The molecule has 0 amide bonds. The van der Waals surface area contributed by atoms with Crippen molar-refractivity contribution in [3.8, 4) is 0 Å². The van der Waals surface area contributed by atoms with Crippen LogP contribution in [0.15, 0.2) is 4.99 Å². The fourth-order valence-corrected chi connectivity index (χ4v) is 4.83. The highest BCUT2D eigenvalue weighted by Crippen LogP contribution is 2.51. The van der Waals surface area contributed by atoms with E-state index in [9.17, 15) is 8.42 Å². The molecule has 1 heterocycles. The molecule has 122 valence electrons. The summed E-state index contributed by atoms with van der Waals surface area (Å²) in [6.45, 7) is 6.46. The summed E-state index contributed by atoms with van der Waals surface area (Å²) < 4.78 is 28.6. The van der Waals surface area contributed by atoms with Gasteiger partial charge in [0, 0.05) is 31.7 Å². The van der Waals surface area contributed by atoms with Crippen LogP contribution in [0.4, 0.5) is 0 Å². The van der Waals surface area contributed by atoms with Crippen molar-refractivity contribution in [1.29, 1.82) is 0 Å². The lowest BCUT2D eigenvalue weighted by molar-refractivity contribution is -0.176. The molecule has 3 atom stereocenters. The number of nitrogens with zero attached hydrogens (tertiary/aromatic N) is 1. The lowest BCUT2D eigenvalue weighted by Gasteiger charge is -2.59. The predicted molar refractivity (Wildman–Crippen MR) is 84.3 cm³/mol. The molecule has 2 N–H and O–H groups in total. The zero-order chi connectivity index (χ0) is 15.9. The average molecular weight is 317 g/mol. The number of rotatable bonds is 3. The zero-order valence-corrected chi connectivity index (χ0v) is 14.4. The molecule has 3 unspecified atom stereocenters. The molecule has 7 heteroatoms. The maximum absolute atomic E-state index is 11.5. The molecule has 0 aromatic heterocycles. The van der Waals surface area contributed by atoms with Gasteiger partial charge in [-0.3, -0.25) is 4.99 Å². The van der Waals surface area contributed by atoms with Gasteiger partial charge < -0.3 is 15.4 Å². The second kappa shape index (κ2) is 5.43. The summed E-state index contributed by atoms with van der Waals surface area (Å²) in [7, 11) is 0.573. The lowest BCUT2D eigenvalue weighted by Crippen LogP contribution is -2.69. The van der Waals surface area contributed by atoms with Crippen LogP contribution in [0.5, 0.6) is 0 Å². The molecule has 2 fully saturated rings. The molecule has 1 saturated carbocycles. The van der Waals surface area contributed by atoms with Crippen molar-refractivity contribution in [3.05, 3.63) is 0 Å². The maximum atomic E-state index is 11.5. The van der Waals surface area contributed by atoms with E-state index in [1.54, 1.807) is 14.2 Å². The first-order valence-corrected chi connectivity index (χ1v) is 9.21. The third-order valence-electron chi connectivity index (χ3n) is 5.39. The maximum Gasteiger partial charge on any atom is 0.191 e. The van der Waals surface area contributed by atoms with Gasteiger partial charge in [-0.15, -0.1) is 0 Å². The third-order valence-corrected chi connectivity index (χ3v) is 7.15. The van der Waals surface area contributed by atoms with Gasteiger partial charge in [0.15, 0.2) is 15.8 Å². The van der Waals surface area contributed by atoms with Crippen LogP contribution in [-0.4, -0.2) is 57.7 Å². The van der Waals surface area contributed by atoms with Gasteiger partial charge in [-0.05, 0) is 19.8 Å². The van der Waals surface area contributed by atoms with Gasteiger partial charge in [0.25, 0.3) is 0 Å². The minimum atomic E-state index is -2.88. The number of nitrogens with one attached hydrogen (secondary N) is 2. The van der Waals surface area contributed by atoms with Crippen LogP contribution in [-0.2, 0) is 14.6 Å². The zero-order valence-electron chi connectivity index (χ0n) is 13.6. The van der Waals surface area contributed by atoms with Crippen LogP contribution in [0.25, 0.3) is 0 Å². The highest BCUT2D eigenvalue weighted by atomic mass is 32.2. The minimum Gasteiger partial charge on any atom is -0.378 e. The Bertz CT molecular complexity index is 530. The first-order valence-electron chi connectivity index (χ1n) is 7.39. The Morgan fingerprint density at radius 3 is 2.38 bits per heavy atom.